The van der Waals surface area contributed by atoms with Crippen LogP contribution >= 0.6 is 0 Å². The average Bonchev–Trinajstić information content (AvgIpc) is 2.89. The van der Waals surface area contributed by atoms with Crippen LogP contribution in [0.3, 0.4) is 0 Å². The van der Waals surface area contributed by atoms with Crippen LogP contribution in [0, 0.1) is 23.7 Å². The molecule has 0 aromatic rings. The van der Waals surface area contributed by atoms with Crippen LogP contribution in [0.1, 0.15) is 81.1 Å². The van der Waals surface area contributed by atoms with Crippen molar-refractivity contribution in [2.24, 2.45) is 23.7 Å². The Hall–Kier alpha value is -0.770. The number of ether oxygens (including phenoxy) is 3. The van der Waals surface area contributed by atoms with E-state index in [4.69, 9.17) is 14.2 Å². The molecule has 0 aliphatic carbocycles. The number of aliphatic hydroxyl groups excluding tert-OH is 1. The van der Waals surface area contributed by atoms with E-state index in [-0.39, 0.29) is 29.9 Å². The second-order valence-electron chi connectivity index (χ2n) is 12.6. The first kappa shape index (κ1) is 29.8. The third-order valence-corrected chi connectivity index (χ3v) is 9.66. The van der Waals surface area contributed by atoms with Gasteiger partial charge in [0.05, 0.1) is 17.6 Å². The fourth-order valence-electron chi connectivity index (χ4n) is 6.88. The number of carbonyl (C=O) groups is 1. The number of nitrogens with zero attached hydrogens (tertiary/aromatic N) is 1. The SMILES string of the molecule is CC[C@H]1OC(=O)[C@H](C)[C@H]2OC3(CCNCC3)O[C@@](C)(C[C@@H](C)CN(C)[C@H](C)[C@@H](O)[C@]1(C)O)[C@H](C)[C@H]2C. The van der Waals surface area contributed by atoms with Crippen molar-refractivity contribution in [3.8, 4) is 0 Å². The molecular formula is C28H52N2O6. The smallest absolute Gasteiger partial charge is 0.311 e. The van der Waals surface area contributed by atoms with E-state index in [1.807, 2.05) is 27.8 Å². The Kier molecular flexibility index (Phi) is 9.22. The van der Waals surface area contributed by atoms with Gasteiger partial charge in [0, 0.05) is 38.5 Å². The lowest BCUT2D eigenvalue weighted by molar-refractivity contribution is -0.307. The fourth-order valence-corrected chi connectivity index (χ4v) is 6.88. The summed E-state index contributed by atoms with van der Waals surface area (Å²) in [5.74, 6) is -1.25. The van der Waals surface area contributed by atoms with E-state index in [1.165, 1.54) is 0 Å². The molecule has 3 aliphatic rings. The van der Waals surface area contributed by atoms with Gasteiger partial charge in [0.15, 0.2) is 5.79 Å². The topological polar surface area (TPSA) is 100 Å². The number of rotatable bonds is 1. The highest BCUT2D eigenvalue weighted by Crippen LogP contribution is 2.47. The summed E-state index contributed by atoms with van der Waals surface area (Å²) in [6.07, 6.45) is 0.351. The molecule has 1 spiro atoms. The predicted octanol–water partition coefficient (Wildman–Crippen LogP) is 2.94. The summed E-state index contributed by atoms with van der Waals surface area (Å²) in [4.78, 5) is 15.6. The molecule has 0 amide bonds. The van der Waals surface area contributed by atoms with Gasteiger partial charge in [-0.3, -0.25) is 4.79 Å². The number of cyclic esters (lactones) is 1. The Morgan fingerprint density at radius 2 is 1.72 bits per heavy atom. The van der Waals surface area contributed by atoms with Crippen molar-refractivity contribution in [2.75, 3.05) is 26.7 Å². The van der Waals surface area contributed by atoms with Crippen LogP contribution in [-0.4, -0.2) is 89.1 Å². The molecule has 3 fully saturated rings. The average molecular weight is 513 g/mol. The van der Waals surface area contributed by atoms with Crippen molar-refractivity contribution in [3.05, 3.63) is 0 Å². The zero-order valence-corrected chi connectivity index (χ0v) is 24.0. The lowest BCUT2D eigenvalue weighted by Gasteiger charge is -2.46. The van der Waals surface area contributed by atoms with Gasteiger partial charge in [-0.15, -0.1) is 0 Å². The molecule has 3 saturated heterocycles. The minimum absolute atomic E-state index is 0.0481. The Morgan fingerprint density at radius 3 is 2.31 bits per heavy atom. The molecule has 210 valence electrons. The molecule has 8 heteroatoms. The van der Waals surface area contributed by atoms with Gasteiger partial charge >= 0.3 is 5.97 Å². The van der Waals surface area contributed by atoms with Crippen molar-refractivity contribution in [3.63, 3.8) is 0 Å². The minimum atomic E-state index is -1.60. The monoisotopic (exact) mass is 512 g/mol. The van der Waals surface area contributed by atoms with Gasteiger partial charge in [0.2, 0.25) is 0 Å². The van der Waals surface area contributed by atoms with E-state index in [0.717, 1.165) is 38.9 Å². The van der Waals surface area contributed by atoms with Crippen molar-refractivity contribution < 1.29 is 29.2 Å². The molecule has 36 heavy (non-hydrogen) atoms. The molecule has 0 aromatic carbocycles. The first-order valence-corrected chi connectivity index (χ1v) is 14.1. The van der Waals surface area contributed by atoms with Crippen LogP contribution in [0.2, 0.25) is 0 Å². The van der Waals surface area contributed by atoms with Crippen molar-refractivity contribution in [1.82, 2.24) is 10.2 Å². The summed E-state index contributed by atoms with van der Waals surface area (Å²) in [6.45, 7) is 18.4. The molecule has 10 atom stereocenters. The summed E-state index contributed by atoms with van der Waals surface area (Å²) in [6, 6.07) is -0.332. The Morgan fingerprint density at radius 1 is 1.11 bits per heavy atom. The van der Waals surface area contributed by atoms with Crippen LogP contribution in [0.5, 0.6) is 0 Å². The number of hydrogen-bond acceptors (Lipinski definition) is 8. The molecule has 3 heterocycles. The number of aliphatic hydroxyl groups is 2. The maximum Gasteiger partial charge on any atom is 0.311 e. The van der Waals surface area contributed by atoms with Crippen LogP contribution in [-0.2, 0) is 19.0 Å². The Balaban J connectivity index is 2.08. The van der Waals surface area contributed by atoms with Gasteiger partial charge in [0.25, 0.3) is 0 Å². The van der Waals surface area contributed by atoms with E-state index < -0.39 is 41.1 Å². The van der Waals surface area contributed by atoms with Gasteiger partial charge in [-0.2, -0.15) is 0 Å². The zero-order valence-electron chi connectivity index (χ0n) is 24.0. The molecule has 8 nitrogen and oxygen atoms in total. The Labute approximate surface area is 218 Å². The second kappa shape index (κ2) is 11.1. The fraction of sp³-hybridized carbons (Fsp3) is 0.964. The second-order valence-corrected chi connectivity index (χ2v) is 12.6. The van der Waals surface area contributed by atoms with Gasteiger partial charge < -0.3 is 34.6 Å². The van der Waals surface area contributed by atoms with Gasteiger partial charge in [-0.25, -0.2) is 0 Å². The van der Waals surface area contributed by atoms with Crippen LogP contribution in [0.15, 0.2) is 0 Å². The van der Waals surface area contributed by atoms with Crippen LogP contribution < -0.4 is 5.32 Å². The largest absolute Gasteiger partial charge is 0.459 e. The Bertz CT molecular complexity index is 756. The highest BCUT2D eigenvalue weighted by atomic mass is 16.7. The van der Waals surface area contributed by atoms with E-state index in [0.29, 0.717) is 6.42 Å². The highest BCUT2D eigenvalue weighted by molar-refractivity contribution is 5.73. The summed E-state index contributed by atoms with van der Waals surface area (Å²) in [5.41, 5.74) is -2.05. The number of piperidine rings is 1. The number of carbonyl (C=O) groups excluding carboxylic acids is 1. The lowest BCUT2D eigenvalue weighted by Crippen LogP contribution is -2.59. The van der Waals surface area contributed by atoms with Crippen molar-refractivity contribution in [1.29, 1.82) is 0 Å². The lowest BCUT2D eigenvalue weighted by atomic mass is 9.73. The summed E-state index contributed by atoms with van der Waals surface area (Å²) in [5, 5.41) is 26.0. The summed E-state index contributed by atoms with van der Waals surface area (Å²) >= 11 is 0. The van der Waals surface area contributed by atoms with Gasteiger partial charge in [0.1, 0.15) is 17.8 Å². The maximum atomic E-state index is 13.6. The summed E-state index contributed by atoms with van der Waals surface area (Å²) in [7, 11) is 1.98. The standard InChI is InChI=1S/C28H52N2O6/c1-10-22-27(8,33)24(31)21(6)30(9)16-17(2)15-26(7)20(5)18(3)23(19(4)25(32)34-22)35-28(36-26)11-13-29-14-12-28/h17-24,29,31,33H,10-16H2,1-9H3/t17-,18-,19-,20-,21-,22-,23+,24-,26+,27-/m1/s1. The van der Waals surface area contributed by atoms with Crippen LogP contribution in [0.4, 0.5) is 0 Å². The van der Waals surface area contributed by atoms with Gasteiger partial charge in [-0.1, -0.05) is 27.7 Å². The number of fused-ring (bicyclic) bond motifs is 3. The molecule has 0 saturated carbocycles. The molecule has 2 bridgehead atoms. The number of likely N-dealkylation sites (N-methyl/N-ethyl adjacent to an activating group) is 1. The van der Waals surface area contributed by atoms with Crippen molar-refractivity contribution in [2.45, 2.75) is 122 Å². The molecule has 3 rings (SSSR count). The summed E-state index contributed by atoms with van der Waals surface area (Å²) < 4.78 is 19.8. The normalized spacial score (nSPS) is 47.6. The van der Waals surface area contributed by atoms with Gasteiger partial charge in [-0.05, 0) is 65.3 Å². The van der Waals surface area contributed by atoms with Crippen molar-refractivity contribution >= 4 is 5.97 Å². The number of hydrogen-bond donors (Lipinski definition) is 3. The molecule has 3 aliphatic heterocycles. The maximum absolute atomic E-state index is 13.6. The minimum Gasteiger partial charge on any atom is -0.459 e. The molecule has 0 radical (unpaired) electrons. The predicted molar refractivity (Wildman–Crippen MR) is 139 cm³/mol. The zero-order chi connectivity index (χ0) is 27.1. The molecule has 0 aromatic heterocycles. The first-order valence-electron chi connectivity index (χ1n) is 14.1. The van der Waals surface area contributed by atoms with E-state index in [9.17, 15) is 15.0 Å². The third-order valence-electron chi connectivity index (χ3n) is 9.66. The number of esters is 1. The molecular weight excluding hydrogens is 460 g/mol. The van der Waals surface area contributed by atoms with E-state index >= 15 is 0 Å². The number of nitrogens with one attached hydrogen (secondary N) is 1. The van der Waals surface area contributed by atoms with E-state index in [2.05, 4.69) is 37.9 Å². The molecule has 0 unspecified atom stereocenters. The molecule has 3 N–H and O–H groups in total. The highest BCUT2D eigenvalue weighted by Gasteiger charge is 2.54. The third kappa shape index (κ3) is 5.79. The quantitative estimate of drug-likeness (QED) is 0.461. The van der Waals surface area contributed by atoms with Crippen LogP contribution in [0.25, 0.3) is 0 Å². The first-order chi connectivity index (χ1) is 16.7. The van der Waals surface area contributed by atoms with E-state index in [1.54, 1.807) is 6.92 Å².